The van der Waals surface area contributed by atoms with Gasteiger partial charge in [-0.1, -0.05) is 0 Å². The highest BCUT2D eigenvalue weighted by Gasteiger charge is 2.31. The Hall–Kier alpha value is -0.290. The van der Waals surface area contributed by atoms with Crippen molar-refractivity contribution in [3.63, 3.8) is 0 Å². The lowest BCUT2D eigenvalue weighted by Gasteiger charge is -2.28. The van der Waals surface area contributed by atoms with Crippen LogP contribution in [0.3, 0.4) is 0 Å². The van der Waals surface area contributed by atoms with E-state index in [1.165, 1.54) is 11.8 Å². The molecule has 1 N–H and O–H groups in total. The summed E-state index contributed by atoms with van der Waals surface area (Å²) in [6, 6.07) is -0.212. The van der Waals surface area contributed by atoms with E-state index in [0.717, 1.165) is 0 Å². The molecule has 0 aliphatic rings. The number of halogens is 3. The molecule has 0 bridgehead atoms. The molecule has 80 valence electrons. The molecule has 0 radical (unpaired) electrons. The van der Waals surface area contributed by atoms with Crippen molar-refractivity contribution in [2.75, 3.05) is 13.1 Å². The zero-order valence-electron chi connectivity index (χ0n) is 8.10. The molecule has 5 heteroatoms. The molecule has 13 heavy (non-hydrogen) atoms. The molecule has 1 atom stereocenters. The van der Waals surface area contributed by atoms with E-state index in [0.29, 0.717) is 0 Å². The topological polar surface area (TPSA) is 23.5 Å². The van der Waals surface area contributed by atoms with Crippen LogP contribution in [0.1, 0.15) is 20.8 Å². The third-order valence-corrected chi connectivity index (χ3v) is 1.61. The second-order valence-corrected chi connectivity index (χ2v) is 3.49. The largest absolute Gasteiger partial charge is 0.401 e. The van der Waals surface area contributed by atoms with Gasteiger partial charge in [-0.2, -0.15) is 13.2 Å². The molecule has 0 saturated carbocycles. The second kappa shape index (κ2) is 4.81. The van der Waals surface area contributed by atoms with Crippen LogP contribution in [-0.4, -0.2) is 41.4 Å². The van der Waals surface area contributed by atoms with Crippen LogP contribution >= 0.6 is 0 Å². The van der Waals surface area contributed by atoms with Crippen LogP contribution in [0.25, 0.3) is 0 Å². The van der Waals surface area contributed by atoms with Gasteiger partial charge in [-0.15, -0.1) is 0 Å². The first-order valence-electron chi connectivity index (χ1n) is 4.21. The van der Waals surface area contributed by atoms with Gasteiger partial charge in [0.15, 0.2) is 0 Å². The lowest BCUT2D eigenvalue weighted by Crippen LogP contribution is -2.42. The fourth-order valence-electron chi connectivity index (χ4n) is 1.03. The molecule has 0 fully saturated rings. The maximum atomic E-state index is 12.0. The van der Waals surface area contributed by atoms with Crippen molar-refractivity contribution in [3.05, 3.63) is 0 Å². The van der Waals surface area contributed by atoms with Crippen LogP contribution in [0.4, 0.5) is 13.2 Å². The van der Waals surface area contributed by atoms with Crippen LogP contribution in [0.15, 0.2) is 0 Å². The summed E-state index contributed by atoms with van der Waals surface area (Å²) in [5, 5.41) is 8.96. The van der Waals surface area contributed by atoms with E-state index in [1.807, 2.05) is 0 Å². The first-order valence-corrected chi connectivity index (χ1v) is 4.21. The van der Waals surface area contributed by atoms with Gasteiger partial charge in [0.05, 0.1) is 12.6 Å². The number of rotatable bonds is 4. The number of hydrogen-bond acceptors (Lipinski definition) is 2. The quantitative estimate of drug-likeness (QED) is 0.744. The summed E-state index contributed by atoms with van der Waals surface area (Å²) >= 11 is 0. The third kappa shape index (κ3) is 6.83. The van der Waals surface area contributed by atoms with Crippen molar-refractivity contribution in [2.24, 2.45) is 0 Å². The Labute approximate surface area is 76.3 Å². The van der Waals surface area contributed by atoms with Crippen LogP contribution in [-0.2, 0) is 0 Å². The van der Waals surface area contributed by atoms with Gasteiger partial charge in [-0.05, 0) is 20.8 Å². The molecule has 0 amide bonds. The van der Waals surface area contributed by atoms with Crippen molar-refractivity contribution in [1.29, 1.82) is 0 Å². The molecular weight excluding hydrogens is 183 g/mol. The van der Waals surface area contributed by atoms with E-state index in [9.17, 15) is 13.2 Å². The van der Waals surface area contributed by atoms with E-state index < -0.39 is 18.8 Å². The number of hydrogen-bond donors (Lipinski definition) is 1. The lowest BCUT2D eigenvalue weighted by atomic mass is 10.2. The molecule has 0 aliphatic carbocycles. The minimum Gasteiger partial charge on any atom is -0.392 e. The predicted molar refractivity (Wildman–Crippen MR) is 44.4 cm³/mol. The average Bonchev–Trinajstić information content (AvgIpc) is 1.81. The van der Waals surface area contributed by atoms with E-state index in [2.05, 4.69) is 0 Å². The molecule has 0 saturated heterocycles. The maximum absolute atomic E-state index is 12.0. The minimum absolute atomic E-state index is 0.0528. The standard InChI is InChI=1S/C8H16F3NO/c1-6(2)12(4-7(3)13)5-8(9,10)11/h6-7,13H,4-5H2,1-3H3. The summed E-state index contributed by atoms with van der Waals surface area (Å²) in [5.74, 6) is 0. The van der Waals surface area contributed by atoms with Gasteiger partial charge in [0.1, 0.15) is 0 Å². The molecule has 0 aliphatic heterocycles. The van der Waals surface area contributed by atoms with Crippen molar-refractivity contribution in [2.45, 2.75) is 39.1 Å². The second-order valence-electron chi connectivity index (χ2n) is 3.49. The van der Waals surface area contributed by atoms with Crippen molar-refractivity contribution < 1.29 is 18.3 Å². The lowest BCUT2D eigenvalue weighted by molar-refractivity contribution is -0.152. The normalized spacial score (nSPS) is 15.5. The van der Waals surface area contributed by atoms with Gasteiger partial charge in [0.2, 0.25) is 0 Å². The van der Waals surface area contributed by atoms with Gasteiger partial charge >= 0.3 is 6.18 Å². The molecule has 0 aromatic rings. The molecule has 1 unspecified atom stereocenters. The Morgan fingerprint density at radius 3 is 1.92 bits per heavy atom. The van der Waals surface area contributed by atoms with E-state index in [4.69, 9.17) is 5.11 Å². The molecule has 0 heterocycles. The number of alkyl halides is 3. The number of aliphatic hydroxyl groups is 1. The predicted octanol–water partition coefficient (Wildman–Crippen LogP) is 1.64. The number of aliphatic hydroxyl groups excluding tert-OH is 1. The van der Waals surface area contributed by atoms with Crippen molar-refractivity contribution in [3.8, 4) is 0 Å². The van der Waals surface area contributed by atoms with Gasteiger partial charge in [0, 0.05) is 12.6 Å². The Kier molecular flexibility index (Phi) is 4.70. The van der Waals surface area contributed by atoms with Crippen LogP contribution in [0, 0.1) is 0 Å². The summed E-state index contributed by atoms with van der Waals surface area (Å²) in [6.45, 7) is 3.92. The van der Waals surface area contributed by atoms with Gasteiger partial charge in [-0.25, -0.2) is 0 Å². The molecular formula is C8H16F3NO. The monoisotopic (exact) mass is 199 g/mol. The van der Waals surface area contributed by atoms with Crippen LogP contribution < -0.4 is 0 Å². The smallest absolute Gasteiger partial charge is 0.392 e. The Bertz CT molecular complexity index is 145. The summed E-state index contributed by atoms with van der Waals surface area (Å²) in [7, 11) is 0. The highest BCUT2D eigenvalue weighted by Crippen LogP contribution is 2.17. The van der Waals surface area contributed by atoms with Crippen molar-refractivity contribution in [1.82, 2.24) is 4.90 Å². The summed E-state index contributed by atoms with van der Waals surface area (Å²) < 4.78 is 36.0. The van der Waals surface area contributed by atoms with Crippen LogP contribution in [0.2, 0.25) is 0 Å². The maximum Gasteiger partial charge on any atom is 0.401 e. The van der Waals surface area contributed by atoms with E-state index in [-0.39, 0.29) is 12.6 Å². The fraction of sp³-hybridized carbons (Fsp3) is 1.00. The molecule has 0 rings (SSSR count). The van der Waals surface area contributed by atoms with Gasteiger partial charge in [-0.3, -0.25) is 4.90 Å². The SMILES string of the molecule is CC(O)CN(CC(F)(F)F)C(C)C. The Balaban J connectivity index is 4.11. The highest BCUT2D eigenvalue weighted by molar-refractivity contribution is 4.69. The molecule has 0 spiro atoms. The fourth-order valence-corrected chi connectivity index (χ4v) is 1.03. The molecule has 2 nitrogen and oxygen atoms in total. The van der Waals surface area contributed by atoms with E-state index >= 15 is 0 Å². The Morgan fingerprint density at radius 1 is 1.23 bits per heavy atom. The van der Waals surface area contributed by atoms with Crippen molar-refractivity contribution >= 4 is 0 Å². The molecule has 0 aromatic heterocycles. The van der Waals surface area contributed by atoms with E-state index in [1.54, 1.807) is 13.8 Å². The minimum atomic E-state index is -4.20. The highest BCUT2D eigenvalue weighted by atomic mass is 19.4. The first-order chi connectivity index (χ1) is 5.72. The zero-order chi connectivity index (χ0) is 10.6. The van der Waals surface area contributed by atoms with Gasteiger partial charge in [0.25, 0.3) is 0 Å². The summed E-state index contributed by atoms with van der Waals surface area (Å²) in [4.78, 5) is 1.20. The summed E-state index contributed by atoms with van der Waals surface area (Å²) in [6.07, 6.45) is -4.93. The van der Waals surface area contributed by atoms with Gasteiger partial charge < -0.3 is 5.11 Å². The number of nitrogens with zero attached hydrogens (tertiary/aromatic N) is 1. The third-order valence-electron chi connectivity index (χ3n) is 1.61. The summed E-state index contributed by atoms with van der Waals surface area (Å²) in [5.41, 5.74) is 0. The average molecular weight is 199 g/mol. The Morgan fingerprint density at radius 2 is 1.69 bits per heavy atom. The zero-order valence-corrected chi connectivity index (χ0v) is 8.10. The van der Waals surface area contributed by atoms with Crippen LogP contribution in [0.5, 0.6) is 0 Å². The molecule has 0 aromatic carbocycles. The first kappa shape index (κ1) is 12.7.